The lowest BCUT2D eigenvalue weighted by Crippen LogP contribution is -2.30. The van der Waals surface area contributed by atoms with Crippen molar-refractivity contribution in [1.82, 2.24) is 14.9 Å². The number of likely N-dealkylation sites (tertiary alicyclic amines) is 1. The number of benzene rings is 2. The van der Waals surface area contributed by atoms with Crippen LogP contribution in [-0.2, 0) is 0 Å². The fourth-order valence-electron chi connectivity index (χ4n) is 3.42. The van der Waals surface area contributed by atoms with Gasteiger partial charge in [-0.15, -0.1) is 0 Å². The molecule has 0 aliphatic carbocycles. The number of carbonyl (C=O) groups excluding carboxylic acids is 1. The molecule has 1 aliphatic rings. The molecule has 1 atom stereocenters. The summed E-state index contributed by atoms with van der Waals surface area (Å²) >= 11 is 0. The van der Waals surface area contributed by atoms with Crippen molar-refractivity contribution in [3.8, 4) is 5.75 Å². The summed E-state index contributed by atoms with van der Waals surface area (Å²) in [5.74, 6) is 0.907. The van der Waals surface area contributed by atoms with Gasteiger partial charge in [0.05, 0.1) is 30.5 Å². The normalized spacial score (nSPS) is 17.4. The van der Waals surface area contributed by atoms with Crippen LogP contribution < -0.4 is 4.74 Å². The van der Waals surface area contributed by atoms with Crippen molar-refractivity contribution in [3.63, 3.8) is 0 Å². The highest BCUT2D eigenvalue weighted by atomic mass is 16.5. The molecule has 0 bridgehead atoms. The van der Waals surface area contributed by atoms with E-state index in [-0.39, 0.29) is 11.9 Å². The fraction of sp³-hybridized carbons (Fsp3) is 0.263. The molecular weight excluding hydrogens is 302 g/mol. The maximum atomic E-state index is 13.0. The number of fused-ring (bicyclic) bond motifs is 1. The summed E-state index contributed by atoms with van der Waals surface area (Å²) in [6.45, 7) is 0.788. The van der Waals surface area contributed by atoms with Gasteiger partial charge in [0.15, 0.2) is 0 Å². The summed E-state index contributed by atoms with van der Waals surface area (Å²) in [5, 5.41) is 0. The minimum atomic E-state index is 0.0739. The van der Waals surface area contributed by atoms with Crippen molar-refractivity contribution in [2.75, 3.05) is 13.7 Å². The van der Waals surface area contributed by atoms with Gasteiger partial charge in [-0.25, -0.2) is 4.98 Å². The first-order valence-electron chi connectivity index (χ1n) is 8.14. The zero-order valence-corrected chi connectivity index (χ0v) is 13.5. The monoisotopic (exact) mass is 321 g/mol. The smallest absolute Gasteiger partial charge is 0.254 e. The lowest BCUT2D eigenvalue weighted by Gasteiger charge is -2.25. The van der Waals surface area contributed by atoms with E-state index in [0.717, 1.165) is 41.7 Å². The molecule has 2 aromatic carbocycles. The van der Waals surface area contributed by atoms with Crippen LogP contribution in [0.5, 0.6) is 5.75 Å². The van der Waals surface area contributed by atoms with E-state index >= 15 is 0 Å². The molecule has 5 nitrogen and oxygen atoms in total. The Hall–Kier alpha value is -2.82. The second kappa shape index (κ2) is 6.00. The summed E-state index contributed by atoms with van der Waals surface area (Å²) in [5.41, 5.74) is 3.62. The molecule has 1 saturated heterocycles. The SMILES string of the molecule is COc1ccc(C2CCCN2C(=O)c2ccc3nc[nH]c3c2)cc1. The van der Waals surface area contributed by atoms with Crippen LogP contribution in [0.3, 0.4) is 0 Å². The first-order chi connectivity index (χ1) is 11.8. The predicted molar refractivity (Wildman–Crippen MR) is 92.1 cm³/mol. The highest BCUT2D eigenvalue weighted by Gasteiger charge is 2.30. The molecule has 0 saturated carbocycles. The van der Waals surface area contributed by atoms with Crippen LogP contribution in [-0.4, -0.2) is 34.4 Å². The zero-order chi connectivity index (χ0) is 16.5. The van der Waals surface area contributed by atoms with Gasteiger partial charge in [0.2, 0.25) is 0 Å². The molecule has 122 valence electrons. The Bertz CT molecular complexity index is 870. The number of imidazole rings is 1. The Morgan fingerprint density at radius 1 is 1.25 bits per heavy atom. The van der Waals surface area contributed by atoms with E-state index in [4.69, 9.17) is 4.74 Å². The Morgan fingerprint density at radius 2 is 2.08 bits per heavy atom. The maximum absolute atomic E-state index is 13.0. The molecule has 3 aromatic rings. The van der Waals surface area contributed by atoms with E-state index in [9.17, 15) is 4.79 Å². The van der Waals surface area contributed by atoms with Gasteiger partial charge in [-0.05, 0) is 48.7 Å². The molecule has 1 N–H and O–H groups in total. The number of hydrogen-bond acceptors (Lipinski definition) is 3. The Labute approximate surface area is 140 Å². The Morgan fingerprint density at radius 3 is 2.88 bits per heavy atom. The largest absolute Gasteiger partial charge is 0.497 e. The Balaban J connectivity index is 1.62. The van der Waals surface area contributed by atoms with Crippen molar-refractivity contribution in [3.05, 3.63) is 59.9 Å². The topological polar surface area (TPSA) is 58.2 Å². The van der Waals surface area contributed by atoms with E-state index in [2.05, 4.69) is 9.97 Å². The van der Waals surface area contributed by atoms with Crippen LogP contribution in [0, 0.1) is 0 Å². The molecule has 1 unspecified atom stereocenters. The van der Waals surface area contributed by atoms with Crippen LogP contribution in [0.4, 0.5) is 0 Å². The number of hydrogen-bond donors (Lipinski definition) is 1. The molecule has 1 aliphatic heterocycles. The van der Waals surface area contributed by atoms with Crippen LogP contribution >= 0.6 is 0 Å². The number of aromatic amines is 1. The van der Waals surface area contributed by atoms with E-state index < -0.39 is 0 Å². The highest BCUT2D eigenvalue weighted by Crippen LogP contribution is 2.34. The molecule has 4 rings (SSSR count). The number of rotatable bonds is 3. The van der Waals surface area contributed by atoms with Gasteiger partial charge in [-0.2, -0.15) is 0 Å². The van der Waals surface area contributed by atoms with Crippen molar-refractivity contribution in [2.45, 2.75) is 18.9 Å². The van der Waals surface area contributed by atoms with Gasteiger partial charge in [0, 0.05) is 12.1 Å². The molecule has 1 aromatic heterocycles. The summed E-state index contributed by atoms with van der Waals surface area (Å²) in [7, 11) is 1.66. The molecular formula is C19H19N3O2. The van der Waals surface area contributed by atoms with Crippen molar-refractivity contribution < 1.29 is 9.53 Å². The maximum Gasteiger partial charge on any atom is 0.254 e. The highest BCUT2D eigenvalue weighted by molar-refractivity contribution is 5.97. The van der Waals surface area contributed by atoms with Gasteiger partial charge in [-0.3, -0.25) is 4.79 Å². The molecule has 1 amide bonds. The standard InChI is InChI=1S/C19H19N3O2/c1-24-15-7-4-13(5-8-15)18-3-2-10-22(18)19(23)14-6-9-16-17(11-14)21-12-20-16/h4-9,11-12,18H,2-3,10H2,1H3,(H,20,21). The van der Waals surface area contributed by atoms with Crippen molar-refractivity contribution in [2.24, 2.45) is 0 Å². The van der Waals surface area contributed by atoms with E-state index in [1.807, 2.05) is 47.4 Å². The molecule has 2 heterocycles. The van der Waals surface area contributed by atoms with Crippen LogP contribution in [0.15, 0.2) is 48.8 Å². The minimum Gasteiger partial charge on any atom is -0.497 e. The van der Waals surface area contributed by atoms with Gasteiger partial charge in [-0.1, -0.05) is 12.1 Å². The van der Waals surface area contributed by atoms with E-state index in [1.54, 1.807) is 13.4 Å². The van der Waals surface area contributed by atoms with Crippen molar-refractivity contribution >= 4 is 16.9 Å². The third-order valence-corrected chi connectivity index (χ3v) is 4.68. The van der Waals surface area contributed by atoms with Crippen LogP contribution in [0.25, 0.3) is 11.0 Å². The predicted octanol–water partition coefficient (Wildman–Crippen LogP) is 3.55. The molecule has 24 heavy (non-hydrogen) atoms. The quantitative estimate of drug-likeness (QED) is 0.802. The third kappa shape index (κ3) is 2.52. The summed E-state index contributed by atoms with van der Waals surface area (Å²) in [6.07, 6.45) is 3.66. The first kappa shape index (κ1) is 14.8. The molecule has 0 spiro atoms. The molecule has 1 fully saturated rings. The van der Waals surface area contributed by atoms with Crippen LogP contribution in [0.1, 0.15) is 34.8 Å². The average Bonchev–Trinajstić information content (AvgIpc) is 3.29. The zero-order valence-electron chi connectivity index (χ0n) is 13.5. The average molecular weight is 321 g/mol. The van der Waals surface area contributed by atoms with E-state index in [1.165, 1.54) is 0 Å². The van der Waals surface area contributed by atoms with Gasteiger partial charge in [0.1, 0.15) is 5.75 Å². The number of nitrogens with zero attached hydrogens (tertiary/aromatic N) is 2. The number of nitrogens with one attached hydrogen (secondary N) is 1. The van der Waals surface area contributed by atoms with Gasteiger partial charge in [0.25, 0.3) is 5.91 Å². The lowest BCUT2D eigenvalue weighted by molar-refractivity contribution is 0.0736. The molecule has 5 heteroatoms. The fourth-order valence-corrected chi connectivity index (χ4v) is 3.42. The van der Waals surface area contributed by atoms with Crippen molar-refractivity contribution in [1.29, 1.82) is 0 Å². The third-order valence-electron chi connectivity index (χ3n) is 4.68. The summed E-state index contributed by atoms with van der Waals surface area (Å²) in [4.78, 5) is 22.2. The summed E-state index contributed by atoms with van der Waals surface area (Å²) < 4.78 is 5.22. The van der Waals surface area contributed by atoms with E-state index in [0.29, 0.717) is 5.56 Å². The number of aromatic nitrogens is 2. The van der Waals surface area contributed by atoms with Gasteiger partial charge >= 0.3 is 0 Å². The van der Waals surface area contributed by atoms with Gasteiger partial charge < -0.3 is 14.6 Å². The number of H-pyrrole nitrogens is 1. The second-order valence-electron chi connectivity index (χ2n) is 6.06. The molecule has 0 radical (unpaired) electrons. The number of ether oxygens (including phenoxy) is 1. The second-order valence-corrected chi connectivity index (χ2v) is 6.06. The number of carbonyl (C=O) groups is 1. The number of amides is 1. The Kier molecular flexibility index (Phi) is 3.69. The summed E-state index contributed by atoms with van der Waals surface area (Å²) in [6, 6.07) is 13.8. The minimum absolute atomic E-state index is 0.0739. The first-order valence-corrected chi connectivity index (χ1v) is 8.14. The lowest BCUT2D eigenvalue weighted by atomic mass is 10.0. The van der Waals surface area contributed by atoms with Crippen LogP contribution in [0.2, 0.25) is 0 Å². The number of methoxy groups -OCH3 is 1.